The second kappa shape index (κ2) is 7.57. The zero-order chi connectivity index (χ0) is 15.5. The molecule has 2 N–H and O–H groups in total. The number of aryl methyl sites for hydroxylation is 2. The van der Waals surface area contributed by atoms with Gasteiger partial charge in [-0.15, -0.1) is 0 Å². The average molecular weight is 352 g/mol. The molecule has 2 aromatic carbocycles. The van der Waals surface area contributed by atoms with Gasteiger partial charge in [-0.1, -0.05) is 23.7 Å². The maximum atomic E-state index is 6.20. The lowest BCUT2D eigenvalue weighted by molar-refractivity contribution is -0.630. The quantitative estimate of drug-likeness (QED) is 0.526. The molecule has 0 amide bonds. The van der Waals surface area contributed by atoms with Crippen LogP contribution in [0.1, 0.15) is 6.42 Å². The van der Waals surface area contributed by atoms with Gasteiger partial charge in [0.2, 0.25) is 0 Å². The number of ether oxygens (including phenoxy) is 1. The highest BCUT2D eigenvalue weighted by atomic mass is 35.5. The molecule has 3 rings (SSSR count). The van der Waals surface area contributed by atoms with Crippen LogP contribution in [0.2, 0.25) is 5.02 Å². The van der Waals surface area contributed by atoms with Gasteiger partial charge in [0.1, 0.15) is 16.8 Å². The number of imidazole rings is 1. The third-order valence-electron chi connectivity index (χ3n) is 3.76. The molecule has 0 fully saturated rings. The smallest absolute Gasteiger partial charge is 0.355 e. The van der Waals surface area contributed by atoms with E-state index >= 15 is 0 Å². The number of anilines is 1. The SMILES string of the molecule is C[n+]1c(N)n(CCCOc2ccc(Cl)cc2)c2ccccc21.[Cl-]. The van der Waals surface area contributed by atoms with E-state index in [0.29, 0.717) is 11.6 Å². The molecule has 0 aliphatic carbocycles. The molecule has 0 atom stereocenters. The summed E-state index contributed by atoms with van der Waals surface area (Å²) in [5.41, 5.74) is 8.48. The van der Waals surface area contributed by atoms with Crippen LogP contribution in [-0.2, 0) is 13.6 Å². The Morgan fingerprint density at radius 2 is 1.83 bits per heavy atom. The summed E-state index contributed by atoms with van der Waals surface area (Å²) in [7, 11) is 1.98. The first-order valence-electron chi connectivity index (χ1n) is 7.28. The number of hydrogen-bond acceptors (Lipinski definition) is 2. The van der Waals surface area contributed by atoms with Crippen LogP contribution < -0.4 is 27.4 Å². The summed E-state index contributed by atoms with van der Waals surface area (Å²) in [5.74, 6) is 1.59. The molecule has 6 heteroatoms. The first-order valence-corrected chi connectivity index (χ1v) is 7.66. The summed E-state index contributed by atoms with van der Waals surface area (Å²) in [4.78, 5) is 0. The number of rotatable bonds is 5. The molecule has 0 aliphatic rings. The highest BCUT2D eigenvalue weighted by Crippen LogP contribution is 2.17. The monoisotopic (exact) mass is 351 g/mol. The van der Waals surface area contributed by atoms with Crippen LogP contribution in [0.3, 0.4) is 0 Å². The molecule has 0 radical (unpaired) electrons. The largest absolute Gasteiger partial charge is 1.00 e. The number of aromatic nitrogens is 2. The van der Waals surface area contributed by atoms with Crippen LogP contribution in [0.15, 0.2) is 48.5 Å². The number of nitrogens with zero attached hydrogens (tertiary/aromatic N) is 2. The average Bonchev–Trinajstić information content (AvgIpc) is 2.78. The molecular weight excluding hydrogens is 333 g/mol. The third kappa shape index (κ3) is 3.71. The van der Waals surface area contributed by atoms with Crippen molar-refractivity contribution in [2.24, 2.45) is 7.05 Å². The van der Waals surface area contributed by atoms with Crippen LogP contribution in [0, 0.1) is 0 Å². The van der Waals surface area contributed by atoms with E-state index < -0.39 is 0 Å². The topological polar surface area (TPSA) is 44.1 Å². The van der Waals surface area contributed by atoms with Crippen molar-refractivity contribution in [3.05, 3.63) is 53.6 Å². The summed E-state index contributed by atoms with van der Waals surface area (Å²) in [6.07, 6.45) is 0.880. The summed E-state index contributed by atoms with van der Waals surface area (Å²) >= 11 is 5.85. The predicted octanol–water partition coefficient (Wildman–Crippen LogP) is 0.174. The molecule has 0 unspecified atom stereocenters. The lowest BCUT2D eigenvalue weighted by atomic mass is 10.3. The molecule has 23 heavy (non-hydrogen) atoms. The second-order valence-electron chi connectivity index (χ2n) is 5.21. The Balaban J connectivity index is 0.00000192. The van der Waals surface area contributed by atoms with E-state index in [1.54, 1.807) is 0 Å². The molecule has 4 nitrogen and oxygen atoms in total. The predicted molar refractivity (Wildman–Crippen MR) is 89.1 cm³/mol. The number of benzene rings is 2. The molecule has 0 saturated heterocycles. The third-order valence-corrected chi connectivity index (χ3v) is 4.01. The van der Waals surface area contributed by atoms with Crippen molar-refractivity contribution >= 4 is 28.6 Å². The molecule has 0 spiro atoms. The normalized spacial score (nSPS) is 10.5. The molecule has 3 aromatic rings. The van der Waals surface area contributed by atoms with Crippen LogP contribution >= 0.6 is 11.6 Å². The fourth-order valence-electron chi connectivity index (χ4n) is 2.58. The van der Waals surface area contributed by atoms with Gasteiger partial charge in [0.15, 0.2) is 0 Å². The van der Waals surface area contributed by atoms with Crippen LogP contribution in [0.25, 0.3) is 11.0 Å². The van der Waals surface area contributed by atoms with Crippen molar-refractivity contribution in [1.82, 2.24) is 4.57 Å². The van der Waals surface area contributed by atoms with Gasteiger partial charge in [-0.2, -0.15) is 0 Å². The molecule has 0 aliphatic heterocycles. The Morgan fingerprint density at radius 3 is 2.57 bits per heavy atom. The van der Waals surface area contributed by atoms with Crippen molar-refractivity contribution in [3.8, 4) is 5.75 Å². The minimum Gasteiger partial charge on any atom is -1.00 e. The molecule has 0 saturated carbocycles. The number of hydrogen-bond donors (Lipinski definition) is 1. The van der Waals surface area contributed by atoms with Crippen molar-refractivity contribution in [1.29, 1.82) is 0 Å². The van der Waals surface area contributed by atoms with Crippen molar-refractivity contribution < 1.29 is 21.7 Å². The van der Waals surface area contributed by atoms with Crippen LogP contribution in [-0.4, -0.2) is 11.2 Å². The lowest BCUT2D eigenvalue weighted by Gasteiger charge is -2.06. The van der Waals surface area contributed by atoms with Gasteiger partial charge in [0, 0.05) is 11.4 Å². The summed E-state index contributed by atoms with van der Waals surface area (Å²) < 4.78 is 9.86. The van der Waals surface area contributed by atoms with E-state index in [2.05, 4.69) is 16.7 Å². The second-order valence-corrected chi connectivity index (χ2v) is 5.65. The minimum absolute atomic E-state index is 0. The van der Waals surface area contributed by atoms with Gasteiger partial charge >= 0.3 is 5.95 Å². The molecule has 122 valence electrons. The fourth-order valence-corrected chi connectivity index (χ4v) is 2.71. The minimum atomic E-state index is 0. The van der Waals surface area contributed by atoms with Crippen molar-refractivity contribution in [3.63, 3.8) is 0 Å². The number of nitrogen functional groups attached to an aromatic ring is 1. The van der Waals surface area contributed by atoms with Gasteiger partial charge in [-0.25, -0.2) is 9.13 Å². The number of para-hydroxylation sites is 2. The summed E-state index contributed by atoms with van der Waals surface area (Å²) in [5, 5.41) is 0.714. The van der Waals surface area contributed by atoms with Gasteiger partial charge in [0.25, 0.3) is 0 Å². The highest BCUT2D eigenvalue weighted by molar-refractivity contribution is 6.30. The summed E-state index contributed by atoms with van der Waals surface area (Å²) in [6, 6.07) is 15.6. The van der Waals surface area contributed by atoms with Gasteiger partial charge in [0.05, 0.1) is 20.2 Å². The first kappa shape index (κ1) is 17.4. The summed E-state index contributed by atoms with van der Waals surface area (Å²) in [6.45, 7) is 1.46. The fraction of sp³-hybridized carbons (Fsp3) is 0.235. The lowest BCUT2D eigenvalue weighted by Crippen LogP contribution is -3.00. The Bertz CT molecular complexity index is 784. The van der Waals surface area contributed by atoms with E-state index in [1.807, 2.05) is 48.0 Å². The molecule has 1 aromatic heterocycles. The first-order chi connectivity index (χ1) is 10.7. The molecule has 0 bridgehead atoms. The zero-order valence-electron chi connectivity index (χ0n) is 12.9. The maximum Gasteiger partial charge on any atom is 0.355 e. The molecule has 1 heterocycles. The van der Waals surface area contributed by atoms with Gasteiger partial charge < -0.3 is 17.1 Å². The highest BCUT2D eigenvalue weighted by Gasteiger charge is 2.17. The van der Waals surface area contributed by atoms with E-state index in [0.717, 1.165) is 35.7 Å². The van der Waals surface area contributed by atoms with Gasteiger partial charge in [-0.05, 0) is 36.4 Å². The number of halogens is 2. The van der Waals surface area contributed by atoms with Gasteiger partial charge in [-0.3, -0.25) is 5.73 Å². The number of nitrogens with two attached hydrogens (primary N) is 1. The Kier molecular flexibility index (Phi) is 5.74. The molecular formula is C17H19Cl2N3O. The van der Waals surface area contributed by atoms with Crippen molar-refractivity contribution in [2.75, 3.05) is 12.3 Å². The van der Waals surface area contributed by atoms with Crippen molar-refractivity contribution in [2.45, 2.75) is 13.0 Å². The van der Waals surface area contributed by atoms with Crippen LogP contribution in [0.5, 0.6) is 5.75 Å². The Hall–Kier alpha value is -1.91. The van der Waals surface area contributed by atoms with E-state index in [1.165, 1.54) is 0 Å². The zero-order valence-corrected chi connectivity index (χ0v) is 14.4. The number of fused-ring (bicyclic) bond motifs is 1. The maximum absolute atomic E-state index is 6.20. The Morgan fingerprint density at radius 1 is 1.13 bits per heavy atom. The van der Waals surface area contributed by atoms with E-state index in [9.17, 15) is 0 Å². The standard InChI is InChI=1S/C17H18ClN3O.ClH/c1-20-15-5-2-3-6-16(15)21(17(20)19)11-4-12-22-14-9-7-13(18)8-10-14;/h2-3,5-10,19H,4,11-12H2,1H3;1H. The Labute approximate surface area is 146 Å². The van der Waals surface area contributed by atoms with Crippen LogP contribution in [0.4, 0.5) is 5.95 Å². The van der Waals surface area contributed by atoms with E-state index in [-0.39, 0.29) is 12.4 Å². The van der Waals surface area contributed by atoms with E-state index in [4.69, 9.17) is 22.1 Å².